The van der Waals surface area contributed by atoms with E-state index in [2.05, 4.69) is 0 Å². The number of benzene rings is 1. The van der Waals surface area contributed by atoms with Crippen LogP contribution in [0.1, 0.15) is 0 Å². The number of nitro benzene ring substituents is 1. The van der Waals surface area contributed by atoms with Crippen LogP contribution in [0.4, 0.5) is 17.1 Å². The van der Waals surface area contributed by atoms with Crippen LogP contribution in [0, 0.1) is 10.1 Å². The molecule has 7 nitrogen and oxygen atoms in total. The largest absolute Gasteiger partial charge is 0.394 e. The number of nitrogens with two attached hydrogens (primary N) is 1. The van der Waals surface area contributed by atoms with Gasteiger partial charge in [-0.3, -0.25) is 10.1 Å². The van der Waals surface area contributed by atoms with Gasteiger partial charge in [-0.25, -0.2) is 0 Å². The molecule has 0 aliphatic carbocycles. The number of aliphatic hydroxyl groups excluding tert-OH is 1. The van der Waals surface area contributed by atoms with Crippen LogP contribution >= 0.6 is 0 Å². The first-order chi connectivity index (χ1) is 8.56. The maximum atomic E-state index is 10.6. The molecule has 0 fully saturated rings. The fourth-order valence-electron chi connectivity index (χ4n) is 1.44. The van der Waals surface area contributed by atoms with Crippen molar-refractivity contribution in [2.24, 2.45) is 0 Å². The van der Waals surface area contributed by atoms with Crippen LogP contribution in [0.3, 0.4) is 0 Å². The average molecular weight is 255 g/mol. The average Bonchev–Trinajstić information content (AvgIpc) is 2.33. The predicted molar refractivity (Wildman–Crippen MR) is 68.7 cm³/mol. The fraction of sp³-hybridized carbons (Fsp3) is 0.455. The summed E-state index contributed by atoms with van der Waals surface area (Å²) in [6.45, 7) is 1.37. The Morgan fingerprint density at radius 1 is 1.50 bits per heavy atom. The zero-order chi connectivity index (χ0) is 13.5. The Hall–Kier alpha value is -1.86. The van der Waals surface area contributed by atoms with E-state index in [-0.39, 0.29) is 18.0 Å². The summed E-state index contributed by atoms with van der Waals surface area (Å²) in [4.78, 5) is 12.0. The second kappa shape index (κ2) is 6.77. The Bertz CT molecular complexity index is 411. The number of likely N-dealkylation sites (N-methyl/N-ethyl adjacent to an activating group) is 1. The van der Waals surface area contributed by atoms with Gasteiger partial charge in [-0.15, -0.1) is 0 Å². The molecular weight excluding hydrogens is 238 g/mol. The quantitative estimate of drug-likeness (QED) is 0.320. The molecule has 0 radical (unpaired) electrons. The van der Waals surface area contributed by atoms with Crippen molar-refractivity contribution < 1.29 is 14.8 Å². The SMILES string of the molecule is CN(CCOCCO)c1ccc([N+](=O)[O-])c(N)c1. The first-order valence-corrected chi connectivity index (χ1v) is 5.50. The summed E-state index contributed by atoms with van der Waals surface area (Å²) in [5, 5.41) is 19.2. The molecule has 0 aliphatic heterocycles. The molecule has 0 saturated heterocycles. The van der Waals surface area contributed by atoms with Gasteiger partial charge in [0, 0.05) is 25.3 Å². The molecular formula is C11H17N3O4. The van der Waals surface area contributed by atoms with Crippen LogP contribution in [-0.4, -0.2) is 43.4 Å². The maximum Gasteiger partial charge on any atom is 0.292 e. The van der Waals surface area contributed by atoms with Crippen molar-refractivity contribution >= 4 is 17.1 Å². The molecule has 1 rings (SSSR count). The molecule has 0 aromatic heterocycles. The third kappa shape index (κ3) is 3.86. The van der Waals surface area contributed by atoms with E-state index < -0.39 is 4.92 Å². The van der Waals surface area contributed by atoms with Crippen molar-refractivity contribution in [2.45, 2.75) is 0 Å². The fourth-order valence-corrected chi connectivity index (χ4v) is 1.44. The molecule has 0 bridgehead atoms. The maximum absolute atomic E-state index is 10.6. The standard InChI is InChI=1S/C11H17N3O4/c1-13(4-6-18-7-5-15)9-2-3-11(14(16)17)10(12)8-9/h2-3,8,15H,4-7,12H2,1H3. The van der Waals surface area contributed by atoms with Gasteiger partial charge in [0.25, 0.3) is 5.69 Å². The molecule has 100 valence electrons. The number of hydrogen-bond donors (Lipinski definition) is 2. The van der Waals surface area contributed by atoms with Crippen molar-refractivity contribution in [1.82, 2.24) is 0 Å². The monoisotopic (exact) mass is 255 g/mol. The van der Waals surface area contributed by atoms with Gasteiger partial charge in [0.05, 0.1) is 24.7 Å². The topological polar surface area (TPSA) is 102 Å². The van der Waals surface area contributed by atoms with E-state index in [1.54, 1.807) is 12.1 Å². The van der Waals surface area contributed by atoms with E-state index in [0.29, 0.717) is 19.8 Å². The molecule has 1 aromatic carbocycles. The molecule has 1 aromatic rings. The Morgan fingerprint density at radius 3 is 2.78 bits per heavy atom. The third-order valence-corrected chi connectivity index (χ3v) is 2.46. The zero-order valence-electron chi connectivity index (χ0n) is 10.2. The molecule has 18 heavy (non-hydrogen) atoms. The van der Waals surface area contributed by atoms with Gasteiger partial charge in [-0.2, -0.15) is 0 Å². The van der Waals surface area contributed by atoms with Crippen LogP contribution in [0.25, 0.3) is 0 Å². The number of rotatable bonds is 7. The molecule has 0 atom stereocenters. The van der Waals surface area contributed by atoms with Crippen molar-refractivity contribution in [1.29, 1.82) is 0 Å². The molecule has 0 amide bonds. The molecule has 0 heterocycles. The van der Waals surface area contributed by atoms with Crippen LogP contribution in [0.2, 0.25) is 0 Å². The normalized spacial score (nSPS) is 10.3. The van der Waals surface area contributed by atoms with Gasteiger partial charge in [0.2, 0.25) is 0 Å². The second-order valence-electron chi connectivity index (χ2n) is 3.76. The van der Waals surface area contributed by atoms with E-state index in [9.17, 15) is 10.1 Å². The minimum atomic E-state index is -0.510. The van der Waals surface area contributed by atoms with E-state index >= 15 is 0 Å². The van der Waals surface area contributed by atoms with Gasteiger partial charge in [0.15, 0.2) is 0 Å². The minimum absolute atomic E-state index is 0.00576. The number of nitrogen functional groups attached to an aromatic ring is 1. The molecule has 0 unspecified atom stereocenters. The first-order valence-electron chi connectivity index (χ1n) is 5.50. The molecule has 7 heteroatoms. The van der Waals surface area contributed by atoms with Crippen LogP contribution < -0.4 is 10.6 Å². The zero-order valence-corrected chi connectivity index (χ0v) is 10.2. The number of ether oxygens (including phenoxy) is 1. The first kappa shape index (κ1) is 14.2. The number of anilines is 2. The Labute approximate surface area is 105 Å². The molecule has 3 N–H and O–H groups in total. The highest BCUT2D eigenvalue weighted by Gasteiger charge is 2.12. The van der Waals surface area contributed by atoms with Crippen LogP contribution in [0.15, 0.2) is 18.2 Å². The number of nitro groups is 1. The van der Waals surface area contributed by atoms with E-state index in [4.69, 9.17) is 15.6 Å². The number of aliphatic hydroxyl groups is 1. The summed E-state index contributed by atoms with van der Waals surface area (Å²) in [5.74, 6) is 0. The van der Waals surface area contributed by atoms with Crippen molar-refractivity contribution in [3.8, 4) is 0 Å². The Kier molecular flexibility index (Phi) is 5.34. The highest BCUT2D eigenvalue weighted by Crippen LogP contribution is 2.26. The van der Waals surface area contributed by atoms with Crippen molar-refractivity contribution in [2.75, 3.05) is 44.0 Å². The van der Waals surface area contributed by atoms with Crippen molar-refractivity contribution in [3.63, 3.8) is 0 Å². The number of hydrogen-bond acceptors (Lipinski definition) is 6. The van der Waals surface area contributed by atoms with Crippen LogP contribution in [0.5, 0.6) is 0 Å². The Morgan fingerprint density at radius 2 is 2.22 bits per heavy atom. The lowest BCUT2D eigenvalue weighted by Gasteiger charge is -2.19. The summed E-state index contributed by atoms with van der Waals surface area (Å²) in [7, 11) is 1.84. The lowest BCUT2D eigenvalue weighted by atomic mass is 10.2. The van der Waals surface area contributed by atoms with Gasteiger partial charge < -0.3 is 20.5 Å². The van der Waals surface area contributed by atoms with E-state index in [1.165, 1.54) is 6.07 Å². The van der Waals surface area contributed by atoms with Crippen LogP contribution in [-0.2, 0) is 4.74 Å². The Balaban J connectivity index is 2.61. The summed E-state index contributed by atoms with van der Waals surface area (Å²) < 4.78 is 5.14. The second-order valence-corrected chi connectivity index (χ2v) is 3.76. The van der Waals surface area contributed by atoms with Crippen molar-refractivity contribution in [3.05, 3.63) is 28.3 Å². The third-order valence-electron chi connectivity index (χ3n) is 2.46. The molecule has 0 aliphatic rings. The summed E-state index contributed by atoms with van der Waals surface area (Å²) in [6.07, 6.45) is 0. The summed E-state index contributed by atoms with van der Waals surface area (Å²) in [5.41, 5.74) is 6.43. The van der Waals surface area contributed by atoms with E-state index in [0.717, 1.165) is 5.69 Å². The van der Waals surface area contributed by atoms with Gasteiger partial charge in [-0.05, 0) is 12.1 Å². The molecule has 0 spiro atoms. The lowest BCUT2D eigenvalue weighted by Crippen LogP contribution is -2.23. The highest BCUT2D eigenvalue weighted by atomic mass is 16.6. The lowest BCUT2D eigenvalue weighted by molar-refractivity contribution is -0.383. The van der Waals surface area contributed by atoms with Gasteiger partial charge in [-0.1, -0.05) is 0 Å². The summed E-state index contributed by atoms with van der Waals surface area (Å²) in [6, 6.07) is 4.58. The van der Waals surface area contributed by atoms with Gasteiger partial charge >= 0.3 is 0 Å². The van der Waals surface area contributed by atoms with E-state index in [1.807, 2.05) is 11.9 Å². The number of nitrogens with zero attached hydrogens (tertiary/aromatic N) is 2. The predicted octanol–water partition coefficient (Wildman–Crippen LogP) is 0.622. The summed E-state index contributed by atoms with van der Waals surface area (Å²) >= 11 is 0. The van der Waals surface area contributed by atoms with Gasteiger partial charge in [0.1, 0.15) is 5.69 Å². The minimum Gasteiger partial charge on any atom is -0.394 e. The highest BCUT2D eigenvalue weighted by molar-refractivity contribution is 5.66. The molecule has 0 saturated carbocycles. The smallest absolute Gasteiger partial charge is 0.292 e.